The van der Waals surface area contributed by atoms with E-state index in [0.29, 0.717) is 23.1 Å². The molecule has 3 aromatic rings. The molecular formula is C21H23FN6O. The van der Waals surface area contributed by atoms with Crippen LogP contribution < -0.4 is 22.1 Å². The first-order valence-corrected chi connectivity index (χ1v) is 9.48. The van der Waals surface area contributed by atoms with Crippen LogP contribution in [-0.4, -0.2) is 16.1 Å². The van der Waals surface area contributed by atoms with E-state index in [0.717, 1.165) is 24.1 Å². The van der Waals surface area contributed by atoms with Crippen molar-refractivity contribution in [2.24, 2.45) is 5.73 Å². The van der Waals surface area contributed by atoms with Gasteiger partial charge >= 0.3 is 0 Å². The van der Waals surface area contributed by atoms with Gasteiger partial charge in [-0.15, -0.1) is 0 Å². The summed E-state index contributed by atoms with van der Waals surface area (Å²) in [7, 11) is 0. The van der Waals surface area contributed by atoms with Gasteiger partial charge < -0.3 is 22.1 Å². The van der Waals surface area contributed by atoms with Gasteiger partial charge in [0.1, 0.15) is 5.82 Å². The fraction of sp³-hybridized carbons (Fsp3) is 0.238. The van der Waals surface area contributed by atoms with Gasteiger partial charge in [0.2, 0.25) is 0 Å². The number of nitrogens with zero attached hydrogens (tertiary/aromatic N) is 1. The Balaban J connectivity index is 1.61. The molecule has 1 atom stereocenters. The highest BCUT2D eigenvalue weighted by Gasteiger charge is 2.25. The molecule has 29 heavy (non-hydrogen) atoms. The molecule has 1 amide bonds. The van der Waals surface area contributed by atoms with E-state index in [-0.39, 0.29) is 23.1 Å². The van der Waals surface area contributed by atoms with Crippen LogP contribution in [0.2, 0.25) is 0 Å². The van der Waals surface area contributed by atoms with Crippen LogP contribution in [0.15, 0.2) is 42.5 Å². The molecule has 1 aliphatic rings. The number of nitrogens with one attached hydrogen (secondary N) is 3. The van der Waals surface area contributed by atoms with Gasteiger partial charge in [0.25, 0.3) is 5.91 Å². The van der Waals surface area contributed by atoms with E-state index in [1.54, 1.807) is 24.3 Å². The Hall–Kier alpha value is -3.55. The van der Waals surface area contributed by atoms with Crippen LogP contribution in [0.3, 0.4) is 0 Å². The van der Waals surface area contributed by atoms with Crippen molar-refractivity contribution < 1.29 is 9.18 Å². The van der Waals surface area contributed by atoms with Crippen molar-refractivity contribution in [3.05, 3.63) is 65.1 Å². The molecule has 8 heteroatoms. The van der Waals surface area contributed by atoms with Crippen LogP contribution in [0, 0.1) is 5.82 Å². The molecule has 1 aromatic heterocycles. The number of nitrogen functional groups attached to an aromatic ring is 1. The summed E-state index contributed by atoms with van der Waals surface area (Å²) in [6.07, 6.45) is 2.33. The highest BCUT2D eigenvalue weighted by Crippen LogP contribution is 2.40. The maximum absolute atomic E-state index is 13.2. The molecule has 0 radical (unpaired) electrons. The number of aromatic amines is 1. The molecular weight excluding hydrogens is 371 g/mol. The zero-order chi connectivity index (χ0) is 20.5. The number of halogens is 1. The van der Waals surface area contributed by atoms with Gasteiger partial charge in [-0.1, -0.05) is 12.1 Å². The van der Waals surface area contributed by atoms with Crippen molar-refractivity contribution in [2.75, 3.05) is 16.4 Å². The molecule has 1 unspecified atom stereocenters. The molecule has 0 saturated heterocycles. The Kier molecular flexibility index (Phi) is 4.84. The first-order chi connectivity index (χ1) is 13.9. The zero-order valence-electron chi connectivity index (χ0n) is 16.0. The van der Waals surface area contributed by atoms with E-state index in [1.165, 1.54) is 12.1 Å². The van der Waals surface area contributed by atoms with Gasteiger partial charge in [0.15, 0.2) is 5.82 Å². The number of primary amides is 1. The molecule has 0 aliphatic heterocycles. The van der Waals surface area contributed by atoms with E-state index >= 15 is 0 Å². The third kappa shape index (κ3) is 4.16. The Morgan fingerprint density at radius 3 is 2.62 bits per heavy atom. The van der Waals surface area contributed by atoms with E-state index in [4.69, 9.17) is 11.5 Å². The predicted octanol–water partition coefficient (Wildman–Crippen LogP) is 4.02. The fourth-order valence-corrected chi connectivity index (χ4v) is 3.27. The predicted molar refractivity (Wildman–Crippen MR) is 112 cm³/mol. The average molecular weight is 394 g/mol. The SMILES string of the molecule is CC(Nc1cc(Nc2cc(C3CC3)[nH]n2)c(N)c(C(N)=O)c1)c1ccc(F)cc1. The second kappa shape index (κ2) is 7.46. The van der Waals surface area contributed by atoms with Gasteiger partial charge in [0.05, 0.1) is 16.9 Å². The summed E-state index contributed by atoms with van der Waals surface area (Å²) in [4.78, 5) is 11.9. The summed E-state index contributed by atoms with van der Waals surface area (Å²) in [5, 5.41) is 13.8. The number of benzene rings is 2. The monoisotopic (exact) mass is 394 g/mol. The van der Waals surface area contributed by atoms with Gasteiger partial charge in [-0.2, -0.15) is 5.10 Å². The number of carbonyl (C=O) groups is 1. The van der Waals surface area contributed by atoms with Crippen molar-refractivity contribution in [1.29, 1.82) is 0 Å². The molecule has 7 nitrogen and oxygen atoms in total. The number of anilines is 4. The molecule has 2 aromatic carbocycles. The fourth-order valence-electron chi connectivity index (χ4n) is 3.27. The molecule has 1 heterocycles. The number of aromatic nitrogens is 2. The standard InChI is InChI=1S/C21H23FN6O/c1-11(12-4-6-14(22)7-5-12)25-15-8-16(21(24)29)20(23)18(9-15)26-19-10-17(27-28-19)13-2-3-13/h4-11,13,25H,2-3,23H2,1H3,(H2,24,29)(H2,26,27,28). The Morgan fingerprint density at radius 2 is 1.97 bits per heavy atom. The lowest BCUT2D eigenvalue weighted by Gasteiger charge is -2.19. The summed E-state index contributed by atoms with van der Waals surface area (Å²) in [6, 6.07) is 11.5. The second-order valence-electron chi connectivity index (χ2n) is 7.37. The van der Waals surface area contributed by atoms with Gasteiger partial charge in [-0.3, -0.25) is 9.89 Å². The van der Waals surface area contributed by atoms with Crippen molar-refractivity contribution in [2.45, 2.75) is 31.7 Å². The minimum Gasteiger partial charge on any atom is -0.396 e. The smallest absolute Gasteiger partial charge is 0.250 e. The molecule has 150 valence electrons. The number of hydrogen-bond donors (Lipinski definition) is 5. The Bertz CT molecular complexity index is 1040. The van der Waals surface area contributed by atoms with Crippen LogP contribution in [-0.2, 0) is 0 Å². The Labute approximate surface area is 167 Å². The zero-order valence-corrected chi connectivity index (χ0v) is 16.0. The van der Waals surface area contributed by atoms with Crippen molar-refractivity contribution >= 4 is 28.8 Å². The molecule has 4 rings (SSSR count). The van der Waals surface area contributed by atoms with Crippen LogP contribution in [0.5, 0.6) is 0 Å². The minimum atomic E-state index is -0.621. The van der Waals surface area contributed by atoms with Crippen molar-refractivity contribution in [3.8, 4) is 0 Å². The summed E-state index contributed by atoms with van der Waals surface area (Å²) < 4.78 is 13.2. The molecule has 1 saturated carbocycles. The van der Waals surface area contributed by atoms with Crippen LogP contribution in [0.4, 0.5) is 27.3 Å². The van der Waals surface area contributed by atoms with Crippen LogP contribution >= 0.6 is 0 Å². The highest BCUT2D eigenvalue weighted by molar-refractivity contribution is 6.02. The first kappa shape index (κ1) is 18.8. The lowest BCUT2D eigenvalue weighted by Crippen LogP contribution is -2.16. The van der Waals surface area contributed by atoms with E-state index in [2.05, 4.69) is 20.8 Å². The summed E-state index contributed by atoms with van der Waals surface area (Å²) in [6.45, 7) is 1.94. The van der Waals surface area contributed by atoms with Crippen molar-refractivity contribution in [1.82, 2.24) is 10.2 Å². The molecule has 1 aliphatic carbocycles. The number of amides is 1. The van der Waals surface area contributed by atoms with Gasteiger partial charge in [0, 0.05) is 29.4 Å². The van der Waals surface area contributed by atoms with Crippen LogP contribution in [0.25, 0.3) is 0 Å². The normalized spacial score (nSPS) is 14.4. The number of H-pyrrole nitrogens is 1. The van der Waals surface area contributed by atoms with Gasteiger partial charge in [-0.05, 0) is 49.6 Å². The number of carbonyl (C=O) groups excluding carboxylic acids is 1. The van der Waals surface area contributed by atoms with Crippen molar-refractivity contribution in [3.63, 3.8) is 0 Å². The average Bonchev–Trinajstić information content (AvgIpc) is 3.43. The molecule has 0 spiro atoms. The van der Waals surface area contributed by atoms with E-state index in [9.17, 15) is 9.18 Å². The topological polar surface area (TPSA) is 122 Å². The summed E-state index contributed by atoms with van der Waals surface area (Å²) in [5.74, 6) is 0.253. The third-order valence-electron chi connectivity index (χ3n) is 5.08. The first-order valence-electron chi connectivity index (χ1n) is 9.48. The lowest BCUT2D eigenvalue weighted by molar-refractivity contribution is 0.100. The van der Waals surface area contributed by atoms with Crippen LogP contribution in [0.1, 0.15) is 53.3 Å². The third-order valence-corrected chi connectivity index (χ3v) is 5.08. The number of rotatable bonds is 7. The lowest BCUT2D eigenvalue weighted by atomic mass is 10.1. The molecule has 1 fully saturated rings. The molecule has 0 bridgehead atoms. The Morgan fingerprint density at radius 1 is 1.24 bits per heavy atom. The van der Waals surface area contributed by atoms with E-state index < -0.39 is 5.91 Å². The summed E-state index contributed by atoms with van der Waals surface area (Å²) >= 11 is 0. The second-order valence-corrected chi connectivity index (χ2v) is 7.37. The maximum atomic E-state index is 13.2. The number of hydrogen-bond acceptors (Lipinski definition) is 5. The minimum absolute atomic E-state index is 0.125. The van der Waals surface area contributed by atoms with E-state index in [1.807, 2.05) is 13.0 Å². The molecule has 7 N–H and O–H groups in total. The number of nitrogens with two attached hydrogens (primary N) is 2. The summed E-state index contributed by atoms with van der Waals surface area (Å²) in [5.41, 5.74) is 15.3. The highest BCUT2D eigenvalue weighted by atomic mass is 19.1. The quantitative estimate of drug-likeness (QED) is 0.387. The largest absolute Gasteiger partial charge is 0.396 e. The maximum Gasteiger partial charge on any atom is 0.250 e. The van der Waals surface area contributed by atoms with Gasteiger partial charge in [-0.25, -0.2) is 4.39 Å².